The molecule has 0 atom stereocenters. The molecule has 0 saturated heterocycles. The maximum absolute atomic E-state index is 11.3. The van der Waals surface area contributed by atoms with Crippen molar-refractivity contribution in [1.82, 2.24) is 10.1 Å². The van der Waals surface area contributed by atoms with Crippen LogP contribution in [0.4, 0.5) is 0 Å². The zero-order valence-electron chi connectivity index (χ0n) is 17.2. The van der Waals surface area contributed by atoms with Crippen molar-refractivity contribution in [3.05, 3.63) is 58.6 Å². The second-order valence-corrected chi connectivity index (χ2v) is 8.28. The van der Waals surface area contributed by atoms with Crippen molar-refractivity contribution in [3.63, 3.8) is 0 Å². The first-order valence-corrected chi connectivity index (χ1v) is 10.4. The van der Waals surface area contributed by atoms with Gasteiger partial charge in [-0.1, -0.05) is 40.5 Å². The highest BCUT2D eigenvalue weighted by Gasteiger charge is 2.26. The lowest BCUT2D eigenvalue weighted by atomic mass is 9.77. The Bertz CT molecular complexity index is 1090. The number of ketones is 1. The Labute approximate surface area is 180 Å². The van der Waals surface area contributed by atoms with Crippen molar-refractivity contribution < 1.29 is 14.1 Å². The van der Waals surface area contributed by atoms with Gasteiger partial charge in [-0.3, -0.25) is 4.79 Å². The van der Waals surface area contributed by atoms with Gasteiger partial charge in [0.2, 0.25) is 5.82 Å². The van der Waals surface area contributed by atoms with Crippen LogP contribution in [0.2, 0.25) is 5.02 Å². The summed E-state index contributed by atoms with van der Waals surface area (Å²) < 4.78 is 11.1. The third-order valence-corrected chi connectivity index (χ3v) is 5.39. The highest BCUT2D eigenvalue weighted by molar-refractivity contribution is 6.32. The Morgan fingerprint density at radius 3 is 2.50 bits per heavy atom. The highest BCUT2D eigenvalue weighted by atomic mass is 35.5. The number of ether oxygens (including phenoxy) is 1. The Kier molecular flexibility index (Phi) is 5.73. The third kappa shape index (κ3) is 4.46. The number of carbonyl (C=O) groups excluding carboxylic acids is 1. The Balaban J connectivity index is 1.47. The van der Waals surface area contributed by atoms with Crippen molar-refractivity contribution in [2.45, 2.75) is 39.7 Å². The molecule has 0 spiro atoms. The largest absolute Gasteiger partial charge is 0.489 e. The van der Waals surface area contributed by atoms with Crippen molar-refractivity contribution in [1.29, 1.82) is 0 Å². The second kappa shape index (κ2) is 8.44. The minimum Gasteiger partial charge on any atom is -0.489 e. The summed E-state index contributed by atoms with van der Waals surface area (Å²) in [6, 6.07) is 13.4. The van der Waals surface area contributed by atoms with Crippen LogP contribution in [0.25, 0.3) is 28.9 Å². The summed E-state index contributed by atoms with van der Waals surface area (Å²) in [5.41, 5.74) is 4.02. The molecule has 1 aromatic heterocycles. The van der Waals surface area contributed by atoms with Gasteiger partial charge in [0.25, 0.3) is 5.89 Å². The number of Topliss-reactive ketones (excluding diaryl/α,β-unsaturated/α-hetero) is 1. The van der Waals surface area contributed by atoms with Gasteiger partial charge in [0.15, 0.2) is 0 Å². The molecule has 0 bridgehead atoms. The van der Waals surface area contributed by atoms with Crippen LogP contribution >= 0.6 is 11.6 Å². The maximum atomic E-state index is 11.3. The van der Waals surface area contributed by atoms with E-state index < -0.39 is 0 Å². The van der Waals surface area contributed by atoms with Gasteiger partial charge in [0.05, 0.1) is 11.1 Å². The predicted molar refractivity (Wildman–Crippen MR) is 117 cm³/mol. The summed E-state index contributed by atoms with van der Waals surface area (Å²) in [5, 5.41) is 4.59. The average Bonchev–Trinajstić information content (AvgIpc) is 3.16. The molecule has 1 heterocycles. The van der Waals surface area contributed by atoms with Crippen LogP contribution in [-0.4, -0.2) is 22.0 Å². The minimum atomic E-state index is 0.0450. The zero-order chi connectivity index (χ0) is 21.3. The van der Waals surface area contributed by atoms with E-state index in [1.807, 2.05) is 50.2 Å². The van der Waals surface area contributed by atoms with E-state index in [2.05, 4.69) is 16.2 Å². The van der Waals surface area contributed by atoms with Gasteiger partial charge in [-0.2, -0.15) is 4.98 Å². The molecule has 3 aromatic rings. The molecule has 1 fully saturated rings. The summed E-state index contributed by atoms with van der Waals surface area (Å²) in [4.78, 5) is 15.8. The predicted octanol–water partition coefficient (Wildman–Crippen LogP) is 6.23. The van der Waals surface area contributed by atoms with Crippen molar-refractivity contribution >= 4 is 23.5 Å². The standard InChI is InChI=1S/C24H23ClN2O3/c1-14(2)29-22-9-8-19(13-21(22)25)23-26-24(30-27-23)18-6-4-16(5-7-18)10-17-11-20(12-17)15(3)28/h4-10,13-14,20H,11-12H2,1-3H3. The summed E-state index contributed by atoms with van der Waals surface area (Å²) in [6.45, 7) is 5.57. The zero-order valence-corrected chi connectivity index (χ0v) is 17.9. The smallest absolute Gasteiger partial charge is 0.258 e. The topological polar surface area (TPSA) is 65.2 Å². The fourth-order valence-corrected chi connectivity index (χ4v) is 3.61. The normalized spacial score (nSPS) is 15.8. The number of benzene rings is 2. The number of allylic oxidation sites excluding steroid dienone is 1. The van der Waals surface area contributed by atoms with Crippen LogP contribution in [0.3, 0.4) is 0 Å². The van der Waals surface area contributed by atoms with E-state index in [1.165, 1.54) is 5.57 Å². The Morgan fingerprint density at radius 2 is 1.87 bits per heavy atom. The Hall–Kier alpha value is -2.92. The van der Waals surface area contributed by atoms with Crippen LogP contribution in [-0.2, 0) is 4.79 Å². The van der Waals surface area contributed by atoms with Gasteiger partial charge in [0.1, 0.15) is 11.5 Å². The molecule has 0 radical (unpaired) electrons. The third-order valence-electron chi connectivity index (χ3n) is 5.10. The summed E-state index contributed by atoms with van der Waals surface area (Å²) in [5.74, 6) is 2.02. The number of carbonyl (C=O) groups is 1. The van der Waals surface area contributed by atoms with Gasteiger partial charge in [-0.15, -0.1) is 0 Å². The van der Waals surface area contributed by atoms with E-state index in [0.717, 1.165) is 29.5 Å². The monoisotopic (exact) mass is 422 g/mol. The number of hydrogen-bond acceptors (Lipinski definition) is 5. The molecule has 154 valence electrons. The van der Waals surface area contributed by atoms with Gasteiger partial charge in [0, 0.05) is 17.0 Å². The molecule has 1 aliphatic rings. The average molecular weight is 423 g/mol. The van der Waals surface area contributed by atoms with Gasteiger partial charge in [-0.25, -0.2) is 0 Å². The first-order valence-electron chi connectivity index (χ1n) is 9.99. The first kappa shape index (κ1) is 20.4. The number of aromatic nitrogens is 2. The lowest BCUT2D eigenvalue weighted by Crippen LogP contribution is -2.21. The molecular formula is C24H23ClN2O3. The molecule has 0 unspecified atom stereocenters. The van der Waals surface area contributed by atoms with Gasteiger partial charge < -0.3 is 9.26 Å². The molecule has 2 aromatic carbocycles. The van der Waals surface area contributed by atoms with E-state index in [1.54, 1.807) is 13.0 Å². The highest BCUT2D eigenvalue weighted by Crippen LogP contribution is 2.35. The van der Waals surface area contributed by atoms with E-state index in [0.29, 0.717) is 22.5 Å². The molecule has 6 heteroatoms. The maximum Gasteiger partial charge on any atom is 0.258 e. The first-order chi connectivity index (χ1) is 14.4. The number of hydrogen-bond donors (Lipinski definition) is 0. The van der Waals surface area contributed by atoms with Gasteiger partial charge >= 0.3 is 0 Å². The van der Waals surface area contributed by atoms with E-state index in [-0.39, 0.29) is 17.8 Å². The van der Waals surface area contributed by atoms with Crippen LogP contribution in [0.15, 0.2) is 52.6 Å². The molecule has 5 nitrogen and oxygen atoms in total. The lowest BCUT2D eigenvalue weighted by Gasteiger charge is -2.26. The van der Waals surface area contributed by atoms with Crippen LogP contribution < -0.4 is 4.74 Å². The quantitative estimate of drug-likeness (QED) is 0.471. The number of nitrogens with zero attached hydrogens (tertiary/aromatic N) is 2. The van der Waals surface area contributed by atoms with Gasteiger partial charge in [-0.05, 0) is 69.5 Å². The lowest BCUT2D eigenvalue weighted by molar-refractivity contribution is -0.121. The molecular weight excluding hydrogens is 400 g/mol. The van der Waals surface area contributed by atoms with E-state index >= 15 is 0 Å². The van der Waals surface area contributed by atoms with Crippen LogP contribution in [0.1, 0.15) is 39.2 Å². The molecule has 0 N–H and O–H groups in total. The molecule has 1 saturated carbocycles. The fraction of sp³-hybridized carbons (Fsp3) is 0.292. The molecule has 1 aliphatic carbocycles. The number of rotatable bonds is 6. The summed E-state index contributed by atoms with van der Waals surface area (Å²) in [7, 11) is 0. The molecule has 4 rings (SSSR count). The van der Waals surface area contributed by atoms with Crippen LogP contribution in [0, 0.1) is 5.92 Å². The molecule has 0 aliphatic heterocycles. The van der Waals surface area contributed by atoms with Crippen molar-refractivity contribution in [2.75, 3.05) is 0 Å². The second-order valence-electron chi connectivity index (χ2n) is 7.88. The van der Waals surface area contributed by atoms with E-state index in [9.17, 15) is 4.79 Å². The Morgan fingerprint density at radius 1 is 1.17 bits per heavy atom. The fourth-order valence-electron chi connectivity index (χ4n) is 3.38. The molecule has 0 amide bonds. The minimum absolute atomic E-state index is 0.0450. The molecule has 30 heavy (non-hydrogen) atoms. The summed E-state index contributed by atoms with van der Waals surface area (Å²) >= 11 is 6.31. The summed E-state index contributed by atoms with van der Waals surface area (Å²) in [6.07, 6.45) is 3.93. The SMILES string of the molecule is CC(=O)C1CC(=Cc2ccc(-c3nc(-c4ccc(OC(C)C)c(Cl)c4)no3)cc2)C1. The van der Waals surface area contributed by atoms with Crippen molar-refractivity contribution in [2.24, 2.45) is 5.92 Å². The van der Waals surface area contributed by atoms with Crippen LogP contribution in [0.5, 0.6) is 5.75 Å². The number of halogens is 1. The van der Waals surface area contributed by atoms with Crippen molar-refractivity contribution in [3.8, 4) is 28.6 Å². The van der Waals surface area contributed by atoms with E-state index in [4.69, 9.17) is 20.9 Å².